The van der Waals surface area contributed by atoms with Gasteiger partial charge in [0.2, 0.25) is 0 Å². The molecule has 0 radical (unpaired) electrons. The fourth-order valence-corrected chi connectivity index (χ4v) is 3.97. The second-order valence-corrected chi connectivity index (χ2v) is 7.37. The molecular formula is C18H23N5OS. The Labute approximate surface area is 152 Å². The number of ether oxygens (including phenoxy) is 1. The molecule has 6 nitrogen and oxygen atoms in total. The normalized spacial score (nSPS) is 19.4. The number of piperazine rings is 1. The highest BCUT2D eigenvalue weighted by atomic mass is 32.1. The van der Waals surface area contributed by atoms with Gasteiger partial charge in [0.05, 0.1) is 10.2 Å². The van der Waals surface area contributed by atoms with E-state index in [0.29, 0.717) is 12.6 Å². The lowest BCUT2D eigenvalue weighted by Crippen LogP contribution is -2.46. The third-order valence-corrected chi connectivity index (χ3v) is 5.62. The molecular weight excluding hydrogens is 334 g/mol. The first kappa shape index (κ1) is 16.5. The number of para-hydroxylation sites is 1. The molecule has 25 heavy (non-hydrogen) atoms. The van der Waals surface area contributed by atoms with Crippen LogP contribution in [0.4, 0.5) is 5.13 Å². The molecule has 0 bridgehead atoms. The summed E-state index contributed by atoms with van der Waals surface area (Å²) in [6.45, 7) is 6.79. The smallest absolute Gasteiger partial charge is 0.298 e. The SMILES string of the molecule is CN1CCN(CCOC2=NC=CCN2c2nc3ccccc3s2)CC1. The van der Waals surface area contributed by atoms with Crippen molar-refractivity contribution in [3.05, 3.63) is 36.5 Å². The average Bonchev–Trinajstić information content (AvgIpc) is 3.08. The van der Waals surface area contributed by atoms with E-state index in [1.807, 2.05) is 30.5 Å². The highest BCUT2D eigenvalue weighted by Gasteiger charge is 2.21. The first-order valence-corrected chi connectivity index (χ1v) is 9.51. The van der Waals surface area contributed by atoms with Crippen molar-refractivity contribution in [2.75, 3.05) is 57.8 Å². The van der Waals surface area contributed by atoms with Crippen molar-refractivity contribution in [2.45, 2.75) is 0 Å². The maximum Gasteiger partial charge on any atom is 0.298 e. The summed E-state index contributed by atoms with van der Waals surface area (Å²) in [4.78, 5) is 16.0. The van der Waals surface area contributed by atoms with E-state index in [0.717, 1.165) is 49.9 Å². The van der Waals surface area contributed by atoms with Gasteiger partial charge in [-0.05, 0) is 25.3 Å². The summed E-state index contributed by atoms with van der Waals surface area (Å²) in [5.74, 6) is 0. The number of likely N-dealkylation sites (N-methyl/N-ethyl adjacent to an activating group) is 1. The van der Waals surface area contributed by atoms with E-state index in [1.165, 1.54) is 4.70 Å². The summed E-state index contributed by atoms with van der Waals surface area (Å²) < 4.78 is 7.20. The number of amidine groups is 1. The van der Waals surface area contributed by atoms with Gasteiger partial charge in [0.25, 0.3) is 6.02 Å². The topological polar surface area (TPSA) is 44.2 Å². The Morgan fingerprint density at radius 2 is 2.00 bits per heavy atom. The molecule has 0 saturated carbocycles. The molecule has 132 valence electrons. The van der Waals surface area contributed by atoms with E-state index in [1.54, 1.807) is 11.3 Å². The van der Waals surface area contributed by atoms with Crippen LogP contribution in [0.3, 0.4) is 0 Å². The number of hydrogen-bond donors (Lipinski definition) is 0. The van der Waals surface area contributed by atoms with Crippen LogP contribution in [0.5, 0.6) is 0 Å². The van der Waals surface area contributed by atoms with Crippen LogP contribution in [-0.2, 0) is 4.74 Å². The molecule has 7 heteroatoms. The summed E-state index contributed by atoms with van der Waals surface area (Å²) in [5, 5.41) is 0.934. The molecule has 0 spiro atoms. The number of fused-ring (bicyclic) bond motifs is 1. The van der Waals surface area contributed by atoms with Crippen molar-refractivity contribution in [1.29, 1.82) is 0 Å². The van der Waals surface area contributed by atoms with E-state index in [-0.39, 0.29) is 0 Å². The predicted molar refractivity (Wildman–Crippen MR) is 103 cm³/mol. The zero-order chi connectivity index (χ0) is 17.1. The van der Waals surface area contributed by atoms with Crippen LogP contribution in [0, 0.1) is 0 Å². The number of thiazole rings is 1. The lowest BCUT2D eigenvalue weighted by Gasteiger charge is -2.32. The number of hydrogen-bond acceptors (Lipinski definition) is 7. The van der Waals surface area contributed by atoms with Gasteiger partial charge in [0.1, 0.15) is 6.61 Å². The first-order chi connectivity index (χ1) is 12.3. The number of aliphatic imine (C=N–C) groups is 1. The van der Waals surface area contributed by atoms with Crippen LogP contribution >= 0.6 is 11.3 Å². The molecule has 0 unspecified atom stereocenters. The number of rotatable bonds is 4. The van der Waals surface area contributed by atoms with E-state index in [4.69, 9.17) is 9.72 Å². The number of benzene rings is 1. The lowest BCUT2D eigenvalue weighted by molar-refractivity contribution is 0.130. The quantitative estimate of drug-likeness (QED) is 0.840. The standard InChI is InChI=1S/C18H23N5OS/c1-21-9-11-22(12-10-21)13-14-24-17-19-7-4-8-23(17)18-20-15-5-2-3-6-16(15)25-18/h2-7H,8-14H2,1H3. The third-order valence-electron chi connectivity index (χ3n) is 4.56. The van der Waals surface area contributed by atoms with Crippen molar-refractivity contribution in [2.24, 2.45) is 4.99 Å². The summed E-state index contributed by atoms with van der Waals surface area (Å²) in [6, 6.07) is 8.85. The highest BCUT2D eigenvalue weighted by molar-refractivity contribution is 7.22. The summed E-state index contributed by atoms with van der Waals surface area (Å²) in [6.07, 6.45) is 3.84. The zero-order valence-electron chi connectivity index (χ0n) is 14.5. The van der Waals surface area contributed by atoms with Crippen molar-refractivity contribution in [3.63, 3.8) is 0 Å². The Kier molecular flexibility index (Phi) is 4.96. The van der Waals surface area contributed by atoms with E-state index >= 15 is 0 Å². The number of nitrogens with zero attached hydrogens (tertiary/aromatic N) is 5. The summed E-state index contributed by atoms with van der Waals surface area (Å²) in [7, 11) is 2.17. The average molecular weight is 357 g/mol. The number of aromatic nitrogens is 1. The monoisotopic (exact) mass is 357 g/mol. The Bertz CT molecular complexity index is 746. The third kappa shape index (κ3) is 3.84. The fourth-order valence-electron chi connectivity index (χ4n) is 3.00. The van der Waals surface area contributed by atoms with Gasteiger partial charge in [-0.1, -0.05) is 23.5 Å². The maximum absolute atomic E-state index is 6.01. The van der Waals surface area contributed by atoms with Gasteiger partial charge in [-0.25, -0.2) is 9.98 Å². The second kappa shape index (κ2) is 7.51. The molecule has 1 fully saturated rings. The molecule has 1 saturated heterocycles. The van der Waals surface area contributed by atoms with Crippen molar-refractivity contribution < 1.29 is 4.74 Å². The molecule has 0 aliphatic carbocycles. The first-order valence-electron chi connectivity index (χ1n) is 8.69. The molecule has 1 aromatic carbocycles. The van der Waals surface area contributed by atoms with Crippen LogP contribution in [0.15, 0.2) is 41.5 Å². The Balaban J connectivity index is 1.39. The molecule has 2 aliphatic heterocycles. The van der Waals surface area contributed by atoms with E-state index in [2.05, 4.69) is 32.8 Å². The van der Waals surface area contributed by atoms with Gasteiger partial charge in [-0.15, -0.1) is 0 Å². The van der Waals surface area contributed by atoms with Crippen molar-refractivity contribution in [1.82, 2.24) is 14.8 Å². The van der Waals surface area contributed by atoms with Crippen LogP contribution < -0.4 is 4.90 Å². The van der Waals surface area contributed by atoms with Crippen LogP contribution in [0.1, 0.15) is 0 Å². The molecule has 4 rings (SSSR count). The zero-order valence-corrected chi connectivity index (χ0v) is 15.3. The van der Waals surface area contributed by atoms with Gasteiger partial charge in [0.15, 0.2) is 5.13 Å². The van der Waals surface area contributed by atoms with Gasteiger partial charge in [-0.2, -0.15) is 0 Å². The van der Waals surface area contributed by atoms with Crippen molar-refractivity contribution in [3.8, 4) is 0 Å². The fraction of sp³-hybridized carbons (Fsp3) is 0.444. The predicted octanol–water partition coefficient (Wildman–Crippen LogP) is 2.25. The molecule has 0 amide bonds. The Morgan fingerprint density at radius 1 is 1.16 bits per heavy atom. The van der Waals surface area contributed by atoms with Crippen molar-refractivity contribution >= 4 is 32.7 Å². The minimum absolute atomic E-state index is 0.649. The summed E-state index contributed by atoms with van der Waals surface area (Å²) >= 11 is 1.67. The summed E-state index contributed by atoms with van der Waals surface area (Å²) in [5.41, 5.74) is 1.02. The number of anilines is 1. The van der Waals surface area contributed by atoms with E-state index in [9.17, 15) is 0 Å². The Morgan fingerprint density at radius 3 is 2.84 bits per heavy atom. The molecule has 1 aromatic heterocycles. The minimum Gasteiger partial charge on any atom is -0.463 e. The highest BCUT2D eigenvalue weighted by Crippen LogP contribution is 2.29. The van der Waals surface area contributed by atoms with Crippen LogP contribution in [0.2, 0.25) is 0 Å². The molecule has 2 aliphatic rings. The van der Waals surface area contributed by atoms with Gasteiger partial charge in [0, 0.05) is 45.5 Å². The molecule has 3 heterocycles. The Hall–Kier alpha value is -1.96. The second-order valence-electron chi connectivity index (χ2n) is 6.36. The van der Waals surface area contributed by atoms with E-state index < -0.39 is 0 Å². The maximum atomic E-state index is 6.01. The molecule has 0 N–H and O–H groups in total. The van der Waals surface area contributed by atoms with Gasteiger partial charge < -0.3 is 9.64 Å². The largest absolute Gasteiger partial charge is 0.463 e. The van der Waals surface area contributed by atoms with Gasteiger partial charge in [-0.3, -0.25) is 9.80 Å². The van der Waals surface area contributed by atoms with Crippen LogP contribution in [-0.4, -0.2) is 73.7 Å². The van der Waals surface area contributed by atoms with Gasteiger partial charge >= 0.3 is 0 Å². The molecule has 0 atom stereocenters. The molecule has 2 aromatic rings. The van der Waals surface area contributed by atoms with Crippen LogP contribution in [0.25, 0.3) is 10.2 Å². The minimum atomic E-state index is 0.649. The lowest BCUT2D eigenvalue weighted by atomic mass is 10.3.